The van der Waals surface area contributed by atoms with Gasteiger partial charge in [0.1, 0.15) is 47.7 Å². The van der Waals surface area contributed by atoms with Gasteiger partial charge < -0.3 is 34.3 Å². The molecule has 0 saturated carbocycles. The Morgan fingerprint density at radius 1 is 0.982 bits per heavy atom. The van der Waals surface area contributed by atoms with Crippen LogP contribution < -0.4 is 5.73 Å². The molecule has 2 aromatic heterocycles. The molecule has 14 nitrogen and oxygen atoms in total. The zero-order valence-electron chi connectivity index (χ0n) is 33.2. The van der Waals surface area contributed by atoms with Crippen LogP contribution in [-0.4, -0.2) is 75.6 Å². The lowest BCUT2D eigenvalue weighted by Gasteiger charge is -2.31. The van der Waals surface area contributed by atoms with Crippen LogP contribution in [0.15, 0.2) is 36.7 Å². The van der Waals surface area contributed by atoms with Crippen LogP contribution in [0.4, 0.5) is 10.2 Å². The summed E-state index contributed by atoms with van der Waals surface area (Å²) in [6, 6.07) is 9.60. The van der Waals surface area contributed by atoms with Crippen molar-refractivity contribution in [3.05, 3.63) is 59.3 Å². The molecular weight excluding hydrogens is 744 g/mol. The van der Waals surface area contributed by atoms with E-state index < -0.39 is 49.4 Å². The number of fused-ring (bicyclic) bond motifs is 2. The van der Waals surface area contributed by atoms with Crippen molar-refractivity contribution in [2.24, 2.45) is 0 Å². The van der Waals surface area contributed by atoms with E-state index in [1.807, 2.05) is 12.1 Å². The van der Waals surface area contributed by atoms with E-state index in [-0.39, 0.29) is 37.6 Å². The van der Waals surface area contributed by atoms with E-state index >= 15 is 0 Å². The lowest BCUT2D eigenvalue weighted by atomic mass is 9.97. The first-order chi connectivity index (χ1) is 26.8. The van der Waals surface area contributed by atoms with E-state index in [4.69, 9.17) is 43.7 Å². The Kier molecular flexibility index (Phi) is 16.2. The predicted molar refractivity (Wildman–Crippen MR) is 207 cm³/mol. The number of aromatic nitrogens is 3. The Morgan fingerprint density at radius 2 is 1.68 bits per heavy atom. The number of halogens is 1. The third-order valence-electron chi connectivity index (χ3n) is 10.3. The molecule has 0 bridgehead atoms. The maximum Gasteiger partial charge on any atom is 0.472 e. The Hall–Kier alpha value is -3.03. The van der Waals surface area contributed by atoms with E-state index in [2.05, 4.69) is 17.0 Å². The SMILES string of the molecule is CCCCCCCCCCCCCCOC[C@H](COP(=O)(O)OC[C@@]1(C)OC(c2ccc3c(N)ncnn23)[C@@H]2OC(C)(C)O[C@@H]21)OCc1ccc(C#N)cc1F. The van der Waals surface area contributed by atoms with Gasteiger partial charge in [-0.1, -0.05) is 83.6 Å². The highest BCUT2D eigenvalue weighted by molar-refractivity contribution is 7.47. The highest BCUT2D eigenvalue weighted by Gasteiger charge is 2.62. The Bertz CT molecular complexity index is 1790. The largest absolute Gasteiger partial charge is 0.472 e. The second kappa shape index (κ2) is 20.6. The summed E-state index contributed by atoms with van der Waals surface area (Å²) in [4.78, 5) is 14.9. The van der Waals surface area contributed by atoms with Gasteiger partial charge in [-0.2, -0.15) is 10.4 Å². The topological polar surface area (TPSA) is 182 Å². The Morgan fingerprint density at radius 3 is 2.36 bits per heavy atom. The van der Waals surface area contributed by atoms with Gasteiger partial charge in [-0.05, 0) is 51.5 Å². The van der Waals surface area contributed by atoms with Crippen LogP contribution in [0.1, 0.15) is 128 Å². The molecule has 4 heterocycles. The lowest BCUT2D eigenvalue weighted by Crippen LogP contribution is -2.44. The summed E-state index contributed by atoms with van der Waals surface area (Å²) >= 11 is 0. The second-order valence-corrected chi connectivity index (χ2v) is 16.9. The number of phosphoric acid groups is 1. The number of nitrogens with zero attached hydrogens (tertiary/aromatic N) is 4. The summed E-state index contributed by atoms with van der Waals surface area (Å²) in [6.07, 6.45) is 13.2. The van der Waals surface area contributed by atoms with Crippen molar-refractivity contribution in [1.29, 1.82) is 5.26 Å². The zero-order valence-corrected chi connectivity index (χ0v) is 34.1. The highest BCUT2D eigenvalue weighted by atomic mass is 31.2. The van der Waals surface area contributed by atoms with Gasteiger partial charge >= 0.3 is 7.82 Å². The summed E-state index contributed by atoms with van der Waals surface area (Å²) in [5.41, 5.74) is 6.46. The van der Waals surface area contributed by atoms with Crippen molar-refractivity contribution >= 4 is 19.2 Å². The third-order valence-corrected chi connectivity index (χ3v) is 11.2. The van der Waals surface area contributed by atoms with Crippen LogP contribution in [0.25, 0.3) is 5.52 Å². The molecule has 2 aliphatic rings. The molecule has 2 unspecified atom stereocenters. The van der Waals surface area contributed by atoms with Crippen LogP contribution >= 0.6 is 7.82 Å². The van der Waals surface area contributed by atoms with Gasteiger partial charge in [-0.15, -0.1) is 0 Å². The van der Waals surface area contributed by atoms with Gasteiger partial charge in [-0.3, -0.25) is 9.05 Å². The smallest absolute Gasteiger partial charge is 0.382 e. The first-order valence-corrected chi connectivity index (χ1v) is 21.5. The molecule has 2 aliphatic heterocycles. The molecule has 16 heteroatoms. The van der Waals surface area contributed by atoms with Gasteiger partial charge in [0.15, 0.2) is 11.6 Å². The number of hydrogen-bond donors (Lipinski definition) is 2. The molecule has 2 fully saturated rings. The number of nitrogen functional groups attached to an aromatic ring is 1. The molecule has 3 N–H and O–H groups in total. The summed E-state index contributed by atoms with van der Waals surface area (Å²) in [7, 11) is -4.69. The molecule has 5 rings (SSSR count). The first kappa shape index (κ1) is 44.1. The molecule has 0 aliphatic carbocycles. The van der Waals surface area contributed by atoms with Gasteiger partial charge in [-0.25, -0.2) is 18.5 Å². The molecule has 56 heavy (non-hydrogen) atoms. The monoisotopic (exact) mass is 803 g/mol. The maximum absolute atomic E-state index is 14.6. The number of hydrogen-bond acceptors (Lipinski definition) is 12. The molecule has 1 aromatic carbocycles. The Balaban J connectivity index is 1.12. The van der Waals surface area contributed by atoms with Gasteiger partial charge in [0.2, 0.25) is 0 Å². The van der Waals surface area contributed by atoms with Gasteiger partial charge in [0, 0.05) is 12.2 Å². The fraction of sp³-hybridized carbons (Fsp3) is 0.675. The fourth-order valence-corrected chi connectivity index (χ4v) is 8.06. The van der Waals surface area contributed by atoms with E-state index in [1.165, 1.54) is 76.2 Å². The van der Waals surface area contributed by atoms with E-state index in [0.29, 0.717) is 23.6 Å². The molecule has 2 saturated heterocycles. The standard InChI is InChI=1S/C40H59FN5O9P/c1-5-6-7-8-9-10-11-12-13-14-15-16-21-49-25-31(50-24-30-18-17-29(23-42)22-32(30)41)26-51-56(47,48)52-27-40(4)37-36(53-39(2,3)55-37)35(54-40)33-19-20-34-38(43)44-28-45-46(33)34/h17-20,22,28,31,35-37H,5-16,21,24-27H2,1-4H3,(H,47,48)(H2,43,44,45)/t31-,35?,36+,37+,40-/m1/s1. The molecule has 0 radical (unpaired) electrons. The number of anilines is 1. The fourth-order valence-electron chi connectivity index (χ4n) is 7.21. The normalized spacial score (nSPS) is 23.3. The van der Waals surface area contributed by atoms with Crippen molar-refractivity contribution in [1.82, 2.24) is 14.6 Å². The van der Waals surface area contributed by atoms with Crippen LogP contribution in [0, 0.1) is 17.1 Å². The summed E-state index contributed by atoms with van der Waals surface area (Å²) in [6.45, 7) is 7.12. The van der Waals surface area contributed by atoms with Crippen LogP contribution in [0.3, 0.4) is 0 Å². The van der Waals surface area contributed by atoms with E-state index in [1.54, 1.807) is 31.4 Å². The summed E-state index contributed by atoms with van der Waals surface area (Å²) < 4.78 is 71.4. The zero-order chi connectivity index (χ0) is 40.2. The average Bonchev–Trinajstić information content (AvgIpc) is 3.82. The van der Waals surface area contributed by atoms with E-state index in [0.717, 1.165) is 25.3 Å². The number of nitrogens with two attached hydrogens (primary N) is 1. The van der Waals surface area contributed by atoms with Crippen molar-refractivity contribution < 1.29 is 46.6 Å². The van der Waals surface area contributed by atoms with Crippen molar-refractivity contribution in [3.8, 4) is 6.07 Å². The summed E-state index contributed by atoms with van der Waals surface area (Å²) in [5, 5.41) is 13.4. The number of unbranched alkanes of at least 4 members (excludes halogenated alkanes) is 11. The number of nitriles is 1. The first-order valence-electron chi connectivity index (χ1n) is 20.0. The third kappa shape index (κ3) is 12.2. The minimum atomic E-state index is -4.69. The van der Waals surface area contributed by atoms with Crippen molar-refractivity contribution in [3.63, 3.8) is 0 Å². The second-order valence-electron chi connectivity index (χ2n) is 15.4. The molecule has 0 amide bonds. The number of benzene rings is 1. The van der Waals surface area contributed by atoms with Gasteiger partial charge in [0.05, 0.1) is 43.8 Å². The highest BCUT2D eigenvalue weighted by Crippen LogP contribution is 2.52. The molecule has 3 aromatic rings. The Labute approximate surface area is 329 Å². The quantitative estimate of drug-likeness (QED) is 0.0620. The number of rotatable bonds is 25. The molecule has 0 spiro atoms. The minimum absolute atomic E-state index is 0.0434. The summed E-state index contributed by atoms with van der Waals surface area (Å²) in [5.74, 6) is -1.26. The molecular formula is C40H59FN5O9P. The predicted octanol–water partition coefficient (Wildman–Crippen LogP) is 8.11. The number of phosphoric ester groups is 1. The number of ether oxygens (including phenoxy) is 5. The molecule has 6 atom stereocenters. The van der Waals surface area contributed by atoms with E-state index in [9.17, 15) is 13.8 Å². The minimum Gasteiger partial charge on any atom is -0.382 e. The average molecular weight is 804 g/mol. The maximum atomic E-state index is 14.6. The lowest BCUT2D eigenvalue weighted by molar-refractivity contribution is -0.212. The van der Waals surface area contributed by atoms with Crippen LogP contribution in [0.2, 0.25) is 0 Å². The van der Waals surface area contributed by atoms with Crippen molar-refractivity contribution in [2.75, 3.05) is 32.2 Å². The van der Waals surface area contributed by atoms with Gasteiger partial charge in [0.25, 0.3) is 0 Å². The van der Waals surface area contributed by atoms with Crippen LogP contribution in [-0.2, 0) is 43.9 Å². The van der Waals surface area contributed by atoms with Crippen LogP contribution in [0.5, 0.6) is 0 Å². The van der Waals surface area contributed by atoms with Crippen molar-refractivity contribution in [2.45, 2.75) is 147 Å². The molecule has 310 valence electrons.